The molecule has 1 aliphatic heterocycles. The SMILES string of the molecule is Cc1cc(C#N)nc(NCC2CCSCC2)n1. The highest BCUT2D eigenvalue weighted by Gasteiger charge is 2.13. The van der Waals surface area contributed by atoms with Gasteiger partial charge in [-0.2, -0.15) is 17.0 Å². The molecule has 1 saturated heterocycles. The number of thioether (sulfide) groups is 1. The van der Waals surface area contributed by atoms with Crippen LogP contribution in [0.15, 0.2) is 6.07 Å². The van der Waals surface area contributed by atoms with Gasteiger partial charge in [0.1, 0.15) is 11.8 Å². The average Bonchev–Trinajstić information content (AvgIpc) is 2.37. The molecule has 17 heavy (non-hydrogen) atoms. The van der Waals surface area contributed by atoms with Gasteiger partial charge in [0.25, 0.3) is 0 Å². The summed E-state index contributed by atoms with van der Waals surface area (Å²) in [5.41, 5.74) is 1.26. The van der Waals surface area contributed by atoms with E-state index in [-0.39, 0.29) is 0 Å². The van der Waals surface area contributed by atoms with E-state index in [1.807, 2.05) is 18.7 Å². The van der Waals surface area contributed by atoms with Gasteiger partial charge >= 0.3 is 0 Å². The molecule has 1 aromatic rings. The first-order chi connectivity index (χ1) is 8.28. The number of nitrogens with zero attached hydrogens (tertiary/aromatic N) is 3. The molecule has 1 N–H and O–H groups in total. The minimum Gasteiger partial charge on any atom is -0.354 e. The normalized spacial score (nSPS) is 16.5. The maximum atomic E-state index is 8.83. The molecule has 0 radical (unpaired) electrons. The predicted molar refractivity (Wildman–Crippen MR) is 70.0 cm³/mol. The number of hydrogen-bond acceptors (Lipinski definition) is 5. The highest BCUT2D eigenvalue weighted by molar-refractivity contribution is 7.99. The minimum atomic E-state index is 0.430. The van der Waals surface area contributed by atoms with E-state index < -0.39 is 0 Å². The molecule has 2 heterocycles. The van der Waals surface area contributed by atoms with Gasteiger partial charge in [-0.1, -0.05) is 0 Å². The molecule has 0 aliphatic carbocycles. The van der Waals surface area contributed by atoms with Gasteiger partial charge in [0.15, 0.2) is 0 Å². The Labute approximate surface area is 106 Å². The van der Waals surface area contributed by atoms with Crippen molar-refractivity contribution < 1.29 is 0 Å². The summed E-state index contributed by atoms with van der Waals surface area (Å²) in [5, 5.41) is 12.1. The molecule has 1 aliphatic rings. The van der Waals surface area contributed by atoms with E-state index in [1.54, 1.807) is 6.07 Å². The van der Waals surface area contributed by atoms with E-state index in [2.05, 4.69) is 21.4 Å². The van der Waals surface area contributed by atoms with Crippen LogP contribution in [-0.2, 0) is 0 Å². The van der Waals surface area contributed by atoms with Crippen LogP contribution < -0.4 is 5.32 Å². The van der Waals surface area contributed by atoms with Crippen molar-refractivity contribution in [1.29, 1.82) is 5.26 Å². The van der Waals surface area contributed by atoms with Gasteiger partial charge < -0.3 is 5.32 Å². The maximum absolute atomic E-state index is 8.83. The Morgan fingerprint density at radius 3 is 2.94 bits per heavy atom. The average molecular weight is 248 g/mol. The summed E-state index contributed by atoms with van der Waals surface area (Å²) >= 11 is 2.03. The maximum Gasteiger partial charge on any atom is 0.224 e. The fourth-order valence-corrected chi connectivity index (χ4v) is 3.10. The number of anilines is 1. The monoisotopic (exact) mass is 248 g/mol. The van der Waals surface area contributed by atoms with Crippen molar-refractivity contribution in [3.63, 3.8) is 0 Å². The summed E-state index contributed by atoms with van der Waals surface area (Å²) < 4.78 is 0. The van der Waals surface area contributed by atoms with E-state index in [9.17, 15) is 0 Å². The van der Waals surface area contributed by atoms with Gasteiger partial charge in [0.05, 0.1) is 0 Å². The lowest BCUT2D eigenvalue weighted by molar-refractivity contribution is 0.514. The van der Waals surface area contributed by atoms with E-state index in [0.717, 1.165) is 12.2 Å². The van der Waals surface area contributed by atoms with Crippen LogP contribution in [0.25, 0.3) is 0 Å². The molecule has 90 valence electrons. The first kappa shape index (κ1) is 12.2. The summed E-state index contributed by atoms with van der Waals surface area (Å²) in [6, 6.07) is 3.75. The second-order valence-corrected chi connectivity index (χ2v) is 5.49. The lowest BCUT2D eigenvalue weighted by Gasteiger charge is -2.21. The van der Waals surface area contributed by atoms with Crippen molar-refractivity contribution in [3.05, 3.63) is 17.5 Å². The quantitative estimate of drug-likeness (QED) is 0.888. The largest absolute Gasteiger partial charge is 0.354 e. The first-order valence-corrected chi connectivity index (χ1v) is 7.01. The molecule has 0 saturated carbocycles. The Balaban J connectivity index is 1.94. The van der Waals surface area contributed by atoms with Gasteiger partial charge in [-0.3, -0.25) is 0 Å². The molecule has 0 atom stereocenters. The summed E-state index contributed by atoms with van der Waals surface area (Å²) in [7, 11) is 0. The van der Waals surface area contributed by atoms with Crippen molar-refractivity contribution in [1.82, 2.24) is 9.97 Å². The third-order valence-electron chi connectivity index (χ3n) is 2.86. The Bertz CT molecular complexity index is 421. The molecular weight excluding hydrogens is 232 g/mol. The van der Waals surface area contributed by atoms with Crippen LogP contribution in [0.3, 0.4) is 0 Å². The van der Waals surface area contributed by atoms with E-state index >= 15 is 0 Å². The Morgan fingerprint density at radius 2 is 2.24 bits per heavy atom. The summed E-state index contributed by atoms with van der Waals surface area (Å²) in [6.45, 7) is 2.79. The highest BCUT2D eigenvalue weighted by atomic mass is 32.2. The molecule has 0 spiro atoms. The van der Waals surface area contributed by atoms with E-state index in [1.165, 1.54) is 24.3 Å². The topological polar surface area (TPSA) is 61.6 Å². The van der Waals surface area contributed by atoms with Crippen molar-refractivity contribution in [2.24, 2.45) is 5.92 Å². The van der Waals surface area contributed by atoms with Gasteiger partial charge in [0.2, 0.25) is 5.95 Å². The van der Waals surface area contributed by atoms with Crippen LogP contribution in [-0.4, -0.2) is 28.0 Å². The predicted octanol–water partition coefficient (Wildman–Crippen LogP) is 2.21. The number of aromatic nitrogens is 2. The summed E-state index contributed by atoms with van der Waals surface area (Å²) in [4.78, 5) is 8.44. The Kier molecular flexibility index (Phi) is 4.21. The van der Waals surface area contributed by atoms with Crippen molar-refractivity contribution in [2.75, 3.05) is 23.4 Å². The fourth-order valence-electron chi connectivity index (χ4n) is 1.89. The molecule has 4 nitrogen and oxygen atoms in total. The summed E-state index contributed by atoms with van der Waals surface area (Å²) in [6.07, 6.45) is 2.52. The molecule has 5 heteroatoms. The Hall–Kier alpha value is -1.28. The van der Waals surface area contributed by atoms with Crippen LogP contribution in [0.4, 0.5) is 5.95 Å². The molecule has 1 fully saturated rings. The van der Waals surface area contributed by atoms with Crippen LogP contribution in [0.5, 0.6) is 0 Å². The number of nitriles is 1. The number of nitrogens with one attached hydrogen (secondary N) is 1. The van der Waals surface area contributed by atoms with E-state index in [4.69, 9.17) is 5.26 Å². The molecule has 1 aromatic heterocycles. The van der Waals surface area contributed by atoms with Crippen molar-refractivity contribution in [3.8, 4) is 6.07 Å². The van der Waals surface area contributed by atoms with Gasteiger partial charge in [-0.15, -0.1) is 0 Å². The smallest absolute Gasteiger partial charge is 0.224 e. The number of aryl methyl sites for hydroxylation is 1. The van der Waals surface area contributed by atoms with Crippen LogP contribution >= 0.6 is 11.8 Å². The zero-order valence-corrected chi connectivity index (χ0v) is 10.8. The fraction of sp³-hybridized carbons (Fsp3) is 0.583. The number of hydrogen-bond donors (Lipinski definition) is 1. The Morgan fingerprint density at radius 1 is 1.47 bits per heavy atom. The molecular formula is C12H16N4S. The van der Waals surface area contributed by atoms with Crippen molar-refractivity contribution >= 4 is 17.7 Å². The third-order valence-corrected chi connectivity index (χ3v) is 3.91. The van der Waals surface area contributed by atoms with Crippen LogP contribution in [0.2, 0.25) is 0 Å². The van der Waals surface area contributed by atoms with Gasteiger partial charge in [-0.25, -0.2) is 9.97 Å². The zero-order valence-electron chi connectivity index (χ0n) is 9.94. The van der Waals surface area contributed by atoms with Gasteiger partial charge in [-0.05, 0) is 43.3 Å². The minimum absolute atomic E-state index is 0.430. The summed E-state index contributed by atoms with van der Waals surface area (Å²) in [5.74, 6) is 3.81. The molecule has 0 amide bonds. The van der Waals surface area contributed by atoms with Crippen LogP contribution in [0.1, 0.15) is 24.2 Å². The molecule has 0 aromatic carbocycles. The first-order valence-electron chi connectivity index (χ1n) is 5.85. The molecule has 0 bridgehead atoms. The highest BCUT2D eigenvalue weighted by Crippen LogP contribution is 2.22. The standard InChI is InChI=1S/C12H16N4S/c1-9-6-11(7-13)16-12(15-9)14-8-10-2-4-17-5-3-10/h6,10H,2-5,8H2,1H3,(H,14,15,16). The lowest BCUT2D eigenvalue weighted by atomic mass is 10.0. The molecule has 2 rings (SSSR count). The van der Waals surface area contributed by atoms with Crippen LogP contribution in [0, 0.1) is 24.2 Å². The molecule has 0 unspecified atom stereocenters. The second kappa shape index (κ2) is 5.87. The third kappa shape index (κ3) is 3.60. The van der Waals surface area contributed by atoms with E-state index in [0.29, 0.717) is 17.6 Å². The number of rotatable bonds is 3. The zero-order chi connectivity index (χ0) is 12.1. The second-order valence-electron chi connectivity index (χ2n) is 4.27. The van der Waals surface area contributed by atoms with Gasteiger partial charge in [0, 0.05) is 12.2 Å². The lowest BCUT2D eigenvalue weighted by Crippen LogP contribution is -2.20. The van der Waals surface area contributed by atoms with Crippen molar-refractivity contribution in [2.45, 2.75) is 19.8 Å².